The molecule has 0 rings (SSSR count). The van der Waals surface area contributed by atoms with Gasteiger partial charge in [0.25, 0.3) is 0 Å². The van der Waals surface area contributed by atoms with Crippen molar-refractivity contribution in [3.8, 4) is 0 Å². The monoisotopic (exact) mass is 401 g/mol. The number of carbonyl (C=O) groups excluding carboxylic acids is 4. The van der Waals surface area contributed by atoms with Crippen LogP contribution in [0.2, 0.25) is 0 Å². The second-order valence-electron chi connectivity index (χ2n) is 7.96. The Bertz CT molecular complexity index is 542. The summed E-state index contributed by atoms with van der Waals surface area (Å²) in [5.74, 6) is -1.76. The summed E-state index contributed by atoms with van der Waals surface area (Å²) in [6.45, 7) is 10.7. The first kappa shape index (κ1) is 25.7. The van der Waals surface area contributed by atoms with Crippen LogP contribution in [0.4, 0.5) is 4.79 Å². The fraction of sp³-hybridized carbons (Fsp3) is 0.789. The number of rotatable bonds is 10. The van der Waals surface area contributed by atoms with Gasteiger partial charge in [0.05, 0.1) is 13.0 Å². The van der Waals surface area contributed by atoms with E-state index < -0.39 is 29.6 Å². The van der Waals surface area contributed by atoms with Crippen molar-refractivity contribution in [3.05, 3.63) is 0 Å². The molecule has 0 aliphatic rings. The van der Waals surface area contributed by atoms with Gasteiger partial charge in [0.1, 0.15) is 11.6 Å². The summed E-state index contributed by atoms with van der Waals surface area (Å²) >= 11 is 0. The van der Waals surface area contributed by atoms with Gasteiger partial charge in [-0.25, -0.2) is 4.79 Å². The Morgan fingerprint density at radius 1 is 1.04 bits per heavy atom. The minimum Gasteiger partial charge on any atom is -0.469 e. The van der Waals surface area contributed by atoms with E-state index in [1.807, 2.05) is 13.8 Å². The summed E-state index contributed by atoms with van der Waals surface area (Å²) in [5.41, 5.74) is -0.580. The van der Waals surface area contributed by atoms with Crippen molar-refractivity contribution in [2.45, 2.75) is 66.0 Å². The fourth-order valence-corrected chi connectivity index (χ4v) is 2.41. The number of hydrogen-bond acceptors (Lipinski definition) is 6. The fourth-order valence-electron chi connectivity index (χ4n) is 2.41. The molecule has 0 aliphatic carbocycles. The molecule has 0 radical (unpaired) electrons. The number of ether oxygens (including phenoxy) is 2. The van der Waals surface area contributed by atoms with E-state index in [-0.39, 0.29) is 24.3 Å². The normalized spacial score (nSPS) is 13.3. The Morgan fingerprint density at radius 2 is 1.64 bits per heavy atom. The molecule has 0 heterocycles. The number of amides is 3. The second kappa shape index (κ2) is 12.2. The zero-order valence-corrected chi connectivity index (χ0v) is 18.0. The highest BCUT2D eigenvalue weighted by Crippen LogP contribution is 2.10. The highest BCUT2D eigenvalue weighted by atomic mass is 16.6. The lowest BCUT2D eigenvalue weighted by atomic mass is 10.0. The van der Waals surface area contributed by atoms with Gasteiger partial charge in [-0.1, -0.05) is 13.8 Å². The molecule has 162 valence electrons. The molecule has 0 saturated heterocycles. The third-order valence-corrected chi connectivity index (χ3v) is 3.76. The van der Waals surface area contributed by atoms with E-state index in [2.05, 4.69) is 16.0 Å². The third kappa shape index (κ3) is 11.4. The molecule has 9 heteroatoms. The van der Waals surface area contributed by atoms with E-state index >= 15 is 0 Å². The van der Waals surface area contributed by atoms with Gasteiger partial charge in [-0.15, -0.1) is 0 Å². The number of hydrogen-bond donors (Lipinski definition) is 3. The Kier molecular flexibility index (Phi) is 11.2. The predicted molar refractivity (Wildman–Crippen MR) is 104 cm³/mol. The topological polar surface area (TPSA) is 123 Å². The van der Waals surface area contributed by atoms with Crippen LogP contribution in [0.1, 0.15) is 54.4 Å². The third-order valence-electron chi connectivity index (χ3n) is 3.76. The van der Waals surface area contributed by atoms with Crippen molar-refractivity contribution in [1.82, 2.24) is 16.0 Å². The summed E-state index contributed by atoms with van der Waals surface area (Å²) in [4.78, 5) is 47.2. The van der Waals surface area contributed by atoms with Crippen LogP contribution in [-0.4, -0.2) is 55.7 Å². The average molecular weight is 402 g/mol. The molecular formula is C19H35N3O6. The van der Waals surface area contributed by atoms with E-state index in [0.29, 0.717) is 19.4 Å². The second-order valence-corrected chi connectivity index (χ2v) is 7.96. The summed E-state index contributed by atoms with van der Waals surface area (Å²) in [6, 6.07) is -0.676. The predicted octanol–water partition coefficient (Wildman–Crippen LogP) is 1.36. The van der Waals surface area contributed by atoms with E-state index in [1.165, 1.54) is 14.0 Å². The molecule has 28 heavy (non-hydrogen) atoms. The quantitative estimate of drug-likeness (QED) is 0.375. The molecule has 0 bridgehead atoms. The van der Waals surface area contributed by atoms with Crippen LogP contribution in [0.5, 0.6) is 0 Å². The number of methoxy groups -OCH3 is 1. The van der Waals surface area contributed by atoms with Crippen LogP contribution >= 0.6 is 0 Å². The van der Waals surface area contributed by atoms with Gasteiger partial charge in [-0.05, 0) is 39.5 Å². The zero-order chi connectivity index (χ0) is 21.9. The Balaban J connectivity index is 4.56. The lowest BCUT2D eigenvalue weighted by molar-refractivity contribution is -0.145. The molecule has 2 atom stereocenters. The molecular weight excluding hydrogens is 366 g/mol. The molecule has 0 fully saturated rings. The molecule has 0 saturated carbocycles. The molecule has 3 N–H and O–H groups in total. The van der Waals surface area contributed by atoms with Crippen molar-refractivity contribution in [2.24, 2.45) is 11.8 Å². The SMILES string of the molecule is COC(=O)[C@H](CCCNC(=O)OC(C)(C)C)CNC(=O)[C@@H](NC(C)=O)C(C)C. The molecule has 3 amide bonds. The maximum atomic E-state index is 12.3. The molecule has 0 aromatic carbocycles. The number of alkyl carbamates (subject to hydrolysis) is 1. The lowest BCUT2D eigenvalue weighted by Crippen LogP contribution is -2.50. The van der Waals surface area contributed by atoms with Gasteiger partial charge >= 0.3 is 12.1 Å². The Morgan fingerprint density at radius 3 is 2.11 bits per heavy atom. The van der Waals surface area contributed by atoms with Crippen molar-refractivity contribution < 1.29 is 28.7 Å². The van der Waals surface area contributed by atoms with E-state index in [9.17, 15) is 19.2 Å². The molecule has 0 aliphatic heterocycles. The molecule has 9 nitrogen and oxygen atoms in total. The number of esters is 1. The summed E-state index contributed by atoms with van der Waals surface area (Å²) in [6.07, 6.45) is 0.397. The maximum Gasteiger partial charge on any atom is 0.407 e. The van der Waals surface area contributed by atoms with Crippen LogP contribution in [0.25, 0.3) is 0 Å². The maximum absolute atomic E-state index is 12.3. The number of carbonyl (C=O) groups is 4. The largest absolute Gasteiger partial charge is 0.469 e. The van der Waals surface area contributed by atoms with Gasteiger partial charge in [0.15, 0.2) is 0 Å². The first-order valence-corrected chi connectivity index (χ1v) is 9.46. The minimum atomic E-state index is -0.676. The van der Waals surface area contributed by atoms with E-state index in [0.717, 1.165) is 0 Å². The van der Waals surface area contributed by atoms with E-state index in [4.69, 9.17) is 9.47 Å². The lowest BCUT2D eigenvalue weighted by Gasteiger charge is -2.23. The average Bonchev–Trinajstić information content (AvgIpc) is 2.56. The highest BCUT2D eigenvalue weighted by Gasteiger charge is 2.26. The zero-order valence-electron chi connectivity index (χ0n) is 18.0. The van der Waals surface area contributed by atoms with Crippen molar-refractivity contribution in [1.29, 1.82) is 0 Å². The van der Waals surface area contributed by atoms with Crippen LogP contribution in [0.3, 0.4) is 0 Å². The minimum absolute atomic E-state index is 0.0841. The van der Waals surface area contributed by atoms with Crippen molar-refractivity contribution in [3.63, 3.8) is 0 Å². The van der Waals surface area contributed by atoms with Gasteiger partial charge in [0, 0.05) is 20.0 Å². The molecule has 0 unspecified atom stereocenters. The first-order chi connectivity index (χ1) is 12.9. The molecule has 0 aromatic rings. The van der Waals surface area contributed by atoms with Gasteiger partial charge in [-0.2, -0.15) is 0 Å². The number of nitrogens with one attached hydrogen (secondary N) is 3. The van der Waals surface area contributed by atoms with Gasteiger partial charge < -0.3 is 25.4 Å². The van der Waals surface area contributed by atoms with Crippen LogP contribution < -0.4 is 16.0 Å². The van der Waals surface area contributed by atoms with Gasteiger partial charge in [0.2, 0.25) is 11.8 Å². The van der Waals surface area contributed by atoms with Gasteiger partial charge in [-0.3, -0.25) is 14.4 Å². The molecule has 0 aromatic heterocycles. The summed E-state index contributed by atoms with van der Waals surface area (Å²) in [5, 5.41) is 7.92. The van der Waals surface area contributed by atoms with Crippen LogP contribution in [0.15, 0.2) is 0 Å². The highest BCUT2D eigenvalue weighted by molar-refractivity contribution is 5.87. The standard InChI is InChI=1S/C19H35N3O6/c1-12(2)15(22-13(3)23)16(24)21-11-14(17(25)27-7)9-8-10-20-18(26)28-19(4,5)6/h12,14-15H,8-11H2,1-7H3,(H,20,26)(H,21,24)(H,22,23)/t14-,15+/m1/s1. The first-order valence-electron chi connectivity index (χ1n) is 9.46. The van der Waals surface area contributed by atoms with Crippen molar-refractivity contribution in [2.75, 3.05) is 20.2 Å². The van der Waals surface area contributed by atoms with Crippen LogP contribution in [-0.2, 0) is 23.9 Å². The van der Waals surface area contributed by atoms with Crippen LogP contribution in [0, 0.1) is 11.8 Å². The summed E-state index contributed by atoms with van der Waals surface area (Å²) in [7, 11) is 1.28. The Hall–Kier alpha value is -2.32. The Labute approximate surface area is 167 Å². The molecule has 0 spiro atoms. The van der Waals surface area contributed by atoms with E-state index in [1.54, 1.807) is 20.8 Å². The van der Waals surface area contributed by atoms with Crippen molar-refractivity contribution >= 4 is 23.9 Å². The summed E-state index contributed by atoms with van der Waals surface area (Å²) < 4.78 is 9.93. The smallest absolute Gasteiger partial charge is 0.407 e.